The van der Waals surface area contributed by atoms with Crippen LogP contribution >= 0.6 is 23.2 Å². The van der Waals surface area contributed by atoms with Gasteiger partial charge in [-0.15, -0.1) is 0 Å². The molecule has 1 saturated heterocycles. The van der Waals surface area contributed by atoms with Gasteiger partial charge in [-0.25, -0.2) is 0 Å². The zero-order chi connectivity index (χ0) is 14.0. The molecule has 2 N–H and O–H groups in total. The number of hydrogen-bond donors (Lipinski definition) is 2. The van der Waals surface area contributed by atoms with Crippen LogP contribution in [0.4, 0.5) is 0 Å². The molecule has 0 aromatic heterocycles. The zero-order valence-corrected chi connectivity index (χ0v) is 12.6. The molecule has 1 aromatic rings. The van der Waals surface area contributed by atoms with Gasteiger partial charge in [0.15, 0.2) is 0 Å². The predicted molar refractivity (Wildman–Crippen MR) is 78.5 cm³/mol. The highest BCUT2D eigenvalue weighted by Crippen LogP contribution is 2.26. The van der Waals surface area contributed by atoms with Gasteiger partial charge in [-0.1, -0.05) is 36.2 Å². The van der Waals surface area contributed by atoms with E-state index in [0.29, 0.717) is 16.0 Å². The second-order valence-electron chi connectivity index (χ2n) is 5.15. The Bertz CT molecular complexity index is 479. The molecule has 0 spiro atoms. The standard InChI is InChI=1S/C14H18Cl2N2O/c1-8-6-17-7-11(8)14(19)18-9(2)10-3-4-12(15)13(16)5-10/h3-5,8-9,11,17H,6-7H2,1-2H3,(H,18,19)/t8-,9?,11-/m1/s1. The molecule has 5 heteroatoms. The average molecular weight is 301 g/mol. The molecule has 1 aliphatic heterocycles. The van der Waals surface area contributed by atoms with Gasteiger partial charge in [0.25, 0.3) is 0 Å². The van der Waals surface area contributed by atoms with Crippen molar-refractivity contribution in [3.05, 3.63) is 33.8 Å². The molecular weight excluding hydrogens is 283 g/mol. The van der Waals surface area contributed by atoms with E-state index in [0.717, 1.165) is 18.7 Å². The van der Waals surface area contributed by atoms with Crippen LogP contribution in [0.5, 0.6) is 0 Å². The van der Waals surface area contributed by atoms with E-state index in [4.69, 9.17) is 23.2 Å². The largest absolute Gasteiger partial charge is 0.349 e. The molecule has 0 radical (unpaired) electrons. The van der Waals surface area contributed by atoms with Crippen molar-refractivity contribution in [3.63, 3.8) is 0 Å². The quantitative estimate of drug-likeness (QED) is 0.901. The Hall–Kier alpha value is -0.770. The van der Waals surface area contributed by atoms with Crippen molar-refractivity contribution in [1.29, 1.82) is 0 Å². The zero-order valence-electron chi connectivity index (χ0n) is 11.0. The number of rotatable bonds is 3. The van der Waals surface area contributed by atoms with Gasteiger partial charge in [-0.05, 0) is 37.1 Å². The molecule has 2 rings (SSSR count). The molecule has 1 aromatic carbocycles. The summed E-state index contributed by atoms with van der Waals surface area (Å²) < 4.78 is 0. The molecule has 3 nitrogen and oxygen atoms in total. The van der Waals surface area contributed by atoms with Crippen LogP contribution in [-0.4, -0.2) is 19.0 Å². The summed E-state index contributed by atoms with van der Waals surface area (Å²) in [6.07, 6.45) is 0. The van der Waals surface area contributed by atoms with Gasteiger partial charge in [0.2, 0.25) is 5.91 Å². The Morgan fingerprint density at radius 2 is 2.11 bits per heavy atom. The third-order valence-electron chi connectivity index (χ3n) is 3.66. The third kappa shape index (κ3) is 3.41. The van der Waals surface area contributed by atoms with Crippen molar-refractivity contribution in [2.24, 2.45) is 11.8 Å². The highest BCUT2D eigenvalue weighted by molar-refractivity contribution is 6.42. The monoisotopic (exact) mass is 300 g/mol. The van der Waals surface area contributed by atoms with Crippen molar-refractivity contribution in [1.82, 2.24) is 10.6 Å². The van der Waals surface area contributed by atoms with Crippen LogP contribution in [0.15, 0.2) is 18.2 Å². The number of halogens is 2. The first-order valence-corrected chi connectivity index (χ1v) is 7.20. The van der Waals surface area contributed by atoms with Gasteiger partial charge >= 0.3 is 0 Å². The Morgan fingerprint density at radius 3 is 2.68 bits per heavy atom. The maximum Gasteiger partial charge on any atom is 0.225 e. The molecule has 1 amide bonds. The van der Waals surface area contributed by atoms with Crippen molar-refractivity contribution in [2.45, 2.75) is 19.9 Å². The molecule has 104 valence electrons. The molecule has 0 aliphatic carbocycles. The van der Waals surface area contributed by atoms with E-state index in [9.17, 15) is 4.79 Å². The second-order valence-corrected chi connectivity index (χ2v) is 5.96. The van der Waals surface area contributed by atoms with Gasteiger partial charge in [-0.2, -0.15) is 0 Å². The summed E-state index contributed by atoms with van der Waals surface area (Å²) >= 11 is 11.9. The van der Waals surface area contributed by atoms with Gasteiger partial charge in [0, 0.05) is 6.54 Å². The number of amides is 1. The summed E-state index contributed by atoms with van der Waals surface area (Å²) in [6.45, 7) is 5.69. The smallest absolute Gasteiger partial charge is 0.225 e. The van der Waals surface area contributed by atoms with Gasteiger partial charge in [0.05, 0.1) is 22.0 Å². The lowest BCUT2D eigenvalue weighted by molar-refractivity contribution is -0.126. The average Bonchev–Trinajstić information content (AvgIpc) is 2.79. The molecule has 0 saturated carbocycles. The van der Waals surface area contributed by atoms with Gasteiger partial charge < -0.3 is 10.6 Å². The molecule has 1 fully saturated rings. The van der Waals surface area contributed by atoms with Gasteiger partial charge in [0.1, 0.15) is 0 Å². The number of hydrogen-bond acceptors (Lipinski definition) is 2. The van der Waals surface area contributed by atoms with Crippen LogP contribution in [0, 0.1) is 11.8 Å². The lowest BCUT2D eigenvalue weighted by Gasteiger charge is -2.19. The first-order valence-electron chi connectivity index (χ1n) is 6.45. The molecule has 1 heterocycles. The third-order valence-corrected chi connectivity index (χ3v) is 4.40. The van der Waals surface area contributed by atoms with Gasteiger partial charge in [-0.3, -0.25) is 4.79 Å². The number of carbonyl (C=O) groups excluding carboxylic acids is 1. The Morgan fingerprint density at radius 1 is 1.37 bits per heavy atom. The summed E-state index contributed by atoms with van der Waals surface area (Å²) in [5, 5.41) is 7.30. The van der Waals surface area contributed by atoms with Crippen molar-refractivity contribution < 1.29 is 4.79 Å². The second kappa shape index (κ2) is 6.12. The lowest BCUT2D eigenvalue weighted by atomic mass is 9.96. The topological polar surface area (TPSA) is 41.1 Å². The van der Waals surface area contributed by atoms with E-state index >= 15 is 0 Å². The van der Waals surface area contributed by atoms with E-state index in [1.807, 2.05) is 13.0 Å². The Labute approximate surface area is 123 Å². The number of benzene rings is 1. The number of carbonyl (C=O) groups is 1. The SMILES string of the molecule is CC(NC(=O)[C@@H]1CNC[C@H]1C)c1ccc(Cl)c(Cl)c1. The van der Waals surface area contributed by atoms with Crippen LogP contribution in [0.25, 0.3) is 0 Å². The normalized spacial score (nSPS) is 24.2. The fourth-order valence-electron chi connectivity index (χ4n) is 2.35. The Kier molecular flexibility index (Phi) is 4.71. The molecule has 19 heavy (non-hydrogen) atoms. The highest BCUT2D eigenvalue weighted by Gasteiger charge is 2.30. The fraction of sp³-hybridized carbons (Fsp3) is 0.500. The summed E-state index contributed by atoms with van der Waals surface area (Å²) in [6, 6.07) is 5.36. The maximum absolute atomic E-state index is 12.2. The lowest BCUT2D eigenvalue weighted by Crippen LogP contribution is -2.35. The minimum absolute atomic E-state index is 0.0465. The first kappa shape index (κ1) is 14.6. The molecule has 3 atom stereocenters. The summed E-state index contributed by atoms with van der Waals surface area (Å²) in [7, 11) is 0. The number of nitrogens with one attached hydrogen (secondary N) is 2. The Balaban J connectivity index is 2.02. The minimum Gasteiger partial charge on any atom is -0.349 e. The predicted octanol–water partition coefficient (Wildman–Crippen LogP) is 3.03. The molecule has 1 aliphatic rings. The van der Waals surface area contributed by atoms with Crippen LogP contribution in [0.3, 0.4) is 0 Å². The molecule has 0 bridgehead atoms. The van der Waals surface area contributed by atoms with Crippen molar-refractivity contribution >= 4 is 29.1 Å². The van der Waals surface area contributed by atoms with E-state index in [-0.39, 0.29) is 17.9 Å². The fourth-order valence-corrected chi connectivity index (χ4v) is 2.65. The van der Waals surface area contributed by atoms with E-state index < -0.39 is 0 Å². The van der Waals surface area contributed by atoms with Crippen LogP contribution in [0.1, 0.15) is 25.5 Å². The summed E-state index contributed by atoms with van der Waals surface area (Å²) in [5.41, 5.74) is 0.960. The highest BCUT2D eigenvalue weighted by atomic mass is 35.5. The van der Waals surface area contributed by atoms with Crippen molar-refractivity contribution in [3.8, 4) is 0 Å². The van der Waals surface area contributed by atoms with Crippen LogP contribution in [-0.2, 0) is 4.79 Å². The minimum atomic E-state index is -0.0740. The molecule has 1 unspecified atom stereocenters. The molecular formula is C14H18Cl2N2O. The summed E-state index contributed by atoms with van der Waals surface area (Å²) in [4.78, 5) is 12.2. The van der Waals surface area contributed by atoms with Crippen molar-refractivity contribution in [2.75, 3.05) is 13.1 Å². The van der Waals surface area contributed by atoms with Crippen LogP contribution in [0.2, 0.25) is 10.0 Å². The maximum atomic E-state index is 12.2. The first-order chi connectivity index (χ1) is 8.99. The summed E-state index contributed by atoms with van der Waals surface area (Å²) in [5.74, 6) is 0.516. The van der Waals surface area contributed by atoms with E-state index in [2.05, 4.69) is 17.6 Å². The van der Waals surface area contributed by atoms with Crippen LogP contribution < -0.4 is 10.6 Å². The van der Waals surface area contributed by atoms with E-state index in [1.165, 1.54) is 0 Å². The van der Waals surface area contributed by atoms with E-state index in [1.54, 1.807) is 12.1 Å².